The fraction of sp³-hybridized carbons (Fsp3) is 0.857. The van der Waals surface area contributed by atoms with Gasteiger partial charge < -0.3 is 9.84 Å². The Labute approximate surface area is 108 Å². The number of ketones is 1. The van der Waals surface area contributed by atoms with Crippen LogP contribution in [0.5, 0.6) is 0 Å². The van der Waals surface area contributed by atoms with Gasteiger partial charge in [0.15, 0.2) is 0 Å². The first-order chi connectivity index (χ1) is 8.37. The summed E-state index contributed by atoms with van der Waals surface area (Å²) >= 11 is 0. The van der Waals surface area contributed by atoms with Gasteiger partial charge in [0.05, 0.1) is 18.6 Å². The predicted octanol–water partition coefficient (Wildman–Crippen LogP) is 1.70. The summed E-state index contributed by atoms with van der Waals surface area (Å²) < 4.78 is 4.88. The van der Waals surface area contributed by atoms with E-state index < -0.39 is 16.9 Å². The molecule has 2 fully saturated rings. The van der Waals surface area contributed by atoms with E-state index in [-0.39, 0.29) is 17.7 Å². The van der Waals surface area contributed by atoms with E-state index in [2.05, 4.69) is 0 Å². The number of Topliss-reactive ketones (excluding diaryl/α,β-unsaturated/α-hetero) is 1. The van der Waals surface area contributed by atoms with Crippen LogP contribution in [0.25, 0.3) is 0 Å². The molecule has 0 unspecified atom stereocenters. The lowest BCUT2D eigenvalue weighted by Gasteiger charge is -2.54. The Morgan fingerprint density at radius 1 is 1.39 bits per heavy atom. The number of ether oxygens (including phenoxy) is 1. The molecule has 4 atom stereocenters. The molecule has 0 radical (unpaired) electrons. The molecule has 2 aliphatic carbocycles. The van der Waals surface area contributed by atoms with Crippen molar-refractivity contribution in [3.05, 3.63) is 0 Å². The minimum absolute atomic E-state index is 0.109. The van der Waals surface area contributed by atoms with Crippen LogP contribution in [0, 0.1) is 16.7 Å². The third kappa shape index (κ3) is 1.62. The van der Waals surface area contributed by atoms with Crippen LogP contribution in [0.4, 0.5) is 0 Å². The SMILES string of the molecule is COC(=O)[C@]1(C)[C@H]2CCCC(=O)[C@@]2(C)CC[C@@H]1O. The summed E-state index contributed by atoms with van der Waals surface area (Å²) in [5, 5.41) is 10.3. The number of hydrogen-bond acceptors (Lipinski definition) is 4. The standard InChI is InChI=1S/C14H22O4/c1-13-8-7-11(16)14(2,12(17)18-3)9(13)5-4-6-10(13)15/h9,11,16H,4-8H2,1-3H3/t9-,11-,13-,14+/m0/s1. The fourth-order valence-electron chi connectivity index (χ4n) is 4.01. The Balaban J connectivity index is 2.44. The molecule has 0 aromatic carbocycles. The van der Waals surface area contributed by atoms with E-state index in [0.29, 0.717) is 19.3 Å². The van der Waals surface area contributed by atoms with Crippen molar-refractivity contribution in [3.63, 3.8) is 0 Å². The van der Waals surface area contributed by atoms with Gasteiger partial charge in [-0.3, -0.25) is 9.59 Å². The quantitative estimate of drug-likeness (QED) is 0.723. The van der Waals surface area contributed by atoms with Crippen molar-refractivity contribution in [3.8, 4) is 0 Å². The number of fused-ring (bicyclic) bond motifs is 1. The van der Waals surface area contributed by atoms with Crippen molar-refractivity contribution < 1.29 is 19.4 Å². The third-order valence-corrected chi connectivity index (χ3v) is 5.28. The lowest BCUT2D eigenvalue weighted by atomic mass is 9.50. The molecule has 0 heterocycles. The Bertz CT molecular complexity index is 378. The predicted molar refractivity (Wildman–Crippen MR) is 65.8 cm³/mol. The van der Waals surface area contributed by atoms with Crippen molar-refractivity contribution in [1.29, 1.82) is 0 Å². The number of carbonyl (C=O) groups is 2. The highest BCUT2D eigenvalue weighted by atomic mass is 16.5. The molecule has 2 rings (SSSR count). The summed E-state index contributed by atoms with van der Waals surface area (Å²) in [5.41, 5.74) is -1.42. The first-order valence-electron chi connectivity index (χ1n) is 6.67. The molecule has 4 heteroatoms. The molecule has 0 amide bonds. The molecule has 2 saturated carbocycles. The molecule has 1 N–H and O–H groups in total. The number of rotatable bonds is 1. The van der Waals surface area contributed by atoms with Crippen LogP contribution in [-0.2, 0) is 14.3 Å². The Morgan fingerprint density at radius 2 is 2.06 bits per heavy atom. The average Bonchev–Trinajstić information content (AvgIpc) is 2.36. The molecule has 102 valence electrons. The number of aliphatic hydroxyl groups excluding tert-OH is 1. The minimum Gasteiger partial charge on any atom is -0.469 e. The van der Waals surface area contributed by atoms with Gasteiger partial charge in [0, 0.05) is 11.8 Å². The lowest BCUT2D eigenvalue weighted by molar-refractivity contribution is -0.184. The Hall–Kier alpha value is -0.900. The molecule has 0 aromatic heterocycles. The summed E-state index contributed by atoms with van der Waals surface area (Å²) in [4.78, 5) is 24.3. The van der Waals surface area contributed by atoms with Gasteiger partial charge >= 0.3 is 5.97 Å². The molecule has 0 spiro atoms. The van der Waals surface area contributed by atoms with E-state index in [4.69, 9.17) is 4.74 Å². The van der Waals surface area contributed by atoms with Gasteiger partial charge in [0.1, 0.15) is 5.78 Å². The highest BCUT2D eigenvalue weighted by Crippen LogP contribution is 2.56. The Morgan fingerprint density at radius 3 is 2.67 bits per heavy atom. The number of hydrogen-bond donors (Lipinski definition) is 1. The summed E-state index contributed by atoms with van der Waals surface area (Å²) in [6.45, 7) is 3.70. The molecule has 0 aliphatic heterocycles. The van der Waals surface area contributed by atoms with Gasteiger partial charge in [0.25, 0.3) is 0 Å². The summed E-state index contributed by atoms with van der Waals surface area (Å²) in [5.74, 6) is -0.260. The van der Waals surface area contributed by atoms with E-state index >= 15 is 0 Å². The summed E-state index contributed by atoms with van der Waals surface area (Å²) in [6, 6.07) is 0. The van der Waals surface area contributed by atoms with Crippen molar-refractivity contribution in [2.75, 3.05) is 7.11 Å². The Kier molecular flexibility index (Phi) is 3.26. The van der Waals surface area contributed by atoms with E-state index in [1.54, 1.807) is 6.92 Å². The van der Waals surface area contributed by atoms with Crippen LogP contribution in [0.1, 0.15) is 46.0 Å². The number of methoxy groups -OCH3 is 1. The van der Waals surface area contributed by atoms with Crippen LogP contribution in [0.15, 0.2) is 0 Å². The number of carbonyl (C=O) groups excluding carboxylic acids is 2. The number of aliphatic hydroxyl groups is 1. The first kappa shape index (κ1) is 13.5. The van der Waals surface area contributed by atoms with Crippen molar-refractivity contribution in [2.45, 2.75) is 52.1 Å². The second-order valence-electron chi connectivity index (χ2n) is 6.11. The van der Waals surface area contributed by atoms with E-state index in [1.165, 1.54) is 7.11 Å². The molecule has 4 nitrogen and oxygen atoms in total. The zero-order valence-corrected chi connectivity index (χ0v) is 11.4. The second kappa shape index (κ2) is 4.34. The van der Waals surface area contributed by atoms with Crippen molar-refractivity contribution >= 4 is 11.8 Å². The zero-order valence-electron chi connectivity index (χ0n) is 11.4. The van der Waals surface area contributed by atoms with Gasteiger partial charge in [-0.1, -0.05) is 6.92 Å². The molecule has 0 saturated heterocycles. The third-order valence-electron chi connectivity index (χ3n) is 5.28. The minimum atomic E-state index is -0.947. The summed E-state index contributed by atoms with van der Waals surface area (Å²) in [6.07, 6.45) is 2.66. The molecule has 18 heavy (non-hydrogen) atoms. The lowest BCUT2D eigenvalue weighted by Crippen LogP contribution is -2.59. The average molecular weight is 254 g/mol. The highest BCUT2D eigenvalue weighted by Gasteiger charge is 2.61. The molecule has 0 bridgehead atoms. The fourth-order valence-corrected chi connectivity index (χ4v) is 4.01. The zero-order chi connectivity index (χ0) is 13.6. The van der Waals surface area contributed by atoms with Gasteiger partial charge in [-0.05, 0) is 38.5 Å². The van der Waals surface area contributed by atoms with Crippen LogP contribution in [0.3, 0.4) is 0 Å². The van der Waals surface area contributed by atoms with Crippen molar-refractivity contribution in [1.82, 2.24) is 0 Å². The van der Waals surface area contributed by atoms with E-state index in [0.717, 1.165) is 12.8 Å². The van der Waals surface area contributed by atoms with Crippen LogP contribution in [0.2, 0.25) is 0 Å². The molecular weight excluding hydrogens is 232 g/mol. The molecule has 2 aliphatic rings. The van der Waals surface area contributed by atoms with E-state index in [9.17, 15) is 14.7 Å². The van der Waals surface area contributed by atoms with E-state index in [1.807, 2.05) is 6.92 Å². The maximum atomic E-state index is 12.2. The molecule has 0 aromatic rings. The number of esters is 1. The highest BCUT2D eigenvalue weighted by molar-refractivity contribution is 5.88. The first-order valence-corrected chi connectivity index (χ1v) is 6.67. The smallest absolute Gasteiger partial charge is 0.314 e. The normalized spacial score (nSPS) is 44.3. The van der Waals surface area contributed by atoms with Gasteiger partial charge in [-0.2, -0.15) is 0 Å². The monoisotopic (exact) mass is 254 g/mol. The molecular formula is C14H22O4. The summed E-state index contributed by atoms with van der Waals surface area (Å²) in [7, 11) is 1.34. The van der Waals surface area contributed by atoms with Crippen LogP contribution < -0.4 is 0 Å². The van der Waals surface area contributed by atoms with Gasteiger partial charge in [-0.25, -0.2) is 0 Å². The van der Waals surface area contributed by atoms with Crippen molar-refractivity contribution in [2.24, 2.45) is 16.7 Å². The van der Waals surface area contributed by atoms with Gasteiger partial charge in [-0.15, -0.1) is 0 Å². The maximum Gasteiger partial charge on any atom is 0.314 e. The van der Waals surface area contributed by atoms with Gasteiger partial charge in [0.2, 0.25) is 0 Å². The maximum absolute atomic E-state index is 12.2. The van der Waals surface area contributed by atoms with Crippen LogP contribution >= 0.6 is 0 Å². The topological polar surface area (TPSA) is 63.6 Å². The largest absolute Gasteiger partial charge is 0.469 e. The second-order valence-corrected chi connectivity index (χ2v) is 6.11. The van der Waals surface area contributed by atoms with Crippen LogP contribution in [-0.4, -0.2) is 30.1 Å².